The van der Waals surface area contributed by atoms with Gasteiger partial charge in [-0.25, -0.2) is 8.42 Å². The minimum atomic E-state index is -4.37. The zero-order chi connectivity index (χ0) is 20.0. The Labute approximate surface area is 157 Å². The molecule has 1 aromatic heterocycles. The Bertz CT molecular complexity index is 966. The minimum absolute atomic E-state index is 0.149. The highest BCUT2D eigenvalue weighted by molar-refractivity contribution is 7.85. The number of aromatic nitrogens is 2. The maximum Gasteiger partial charge on any atom is 0.259 e. The Morgan fingerprint density at radius 2 is 1.89 bits per heavy atom. The van der Waals surface area contributed by atoms with Crippen molar-refractivity contribution in [2.24, 2.45) is 0 Å². The monoisotopic (exact) mass is 392 g/mol. The van der Waals surface area contributed by atoms with E-state index in [1.807, 2.05) is 0 Å². The van der Waals surface area contributed by atoms with Crippen LogP contribution in [0.5, 0.6) is 0 Å². The van der Waals surface area contributed by atoms with Crippen LogP contribution in [0.3, 0.4) is 0 Å². The van der Waals surface area contributed by atoms with Crippen molar-refractivity contribution in [1.29, 1.82) is 5.41 Å². The second-order valence-corrected chi connectivity index (χ2v) is 7.27. The molecule has 1 fully saturated rings. The van der Waals surface area contributed by atoms with Crippen molar-refractivity contribution in [3.05, 3.63) is 48.1 Å². The van der Waals surface area contributed by atoms with E-state index in [0.717, 1.165) is 25.9 Å². The van der Waals surface area contributed by atoms with Gasteiger partial charge in [0, 0.05) is 19.2 Å². The third kappa shape index (κ3) is 5.31. The number of nitrogens with one attached hydrogen (secondary N) is 1. The predicted octanol–water partition coefficient (Wildman–Crippen LogP) is 1.41. The molecular formula is C17H22N5O4S-. The lowest BCUT2D eigenvalue weighted by Crippen LogP contribution is -2.33. The average molecular weight is 392 g/mol. The fourth-order valence-electron chi connectivity index (χ4n) is 2.67. The summed E-state index contributed by atoms with van der Waals surface area (Å²) in [6, 6.07) is 7.53. The van der Waals surface area contributed by atoms with E-state index in [9.17, 15) is 18.2 Å². The summed E-state index contributed by atoms with van der Waals surface area (Å²) in [6.07, 6.45) is 4.86. The van der Waals surface area contributed by atoms with E-state index >= 15 is 0 Å². The first-order chi connectivity index (χ1) is 12.7. The van der Waals surface area contributed by atoms with Gasteiger partial charge in [0.1, 0.15) is 21.8 Å². The third-order valence-electron chi connectivity index (χ3n) is 4.03. The van der Waals surface area contributed by atoms with Gasteiger partial charge in [0.15, 0.2) is 0 Å². The van der Waals surface area contributed by atoms with Crippen LogP contribution in [-0.2, 0) is 10.1 Å². The molecule has 0 radical (unpaired) electrons. The summed E-state index contributed by atoms with van der Waals surface area (Å²) in [6.45, 7) is 5.29. The van der Waals surface area contributed by atoms with Crippen LogP contribution in [0.4, 0.5) is 11.6 Å². The van der Waals surface area contributed by atoms with Gasteiger partial charge in [-0.05, 0) is 30.9 Å². The number of benzene rings is 1. The second-order valence-electron chi connectivity index (χ2n) is 5.92. The highest BCUT2D eigenvalue weighted by Gasteiger charge is 2.13. The van der Waals surface area contributed by atoms with E-state index in [1.54, 1.807) is 12.1 Å². The van der Waals surface area contributed by atoms with E-state index < -0.39 is 10.1 Å². The quantitative estimate of drug-likeness (QED) is 0.528. The summed E-state index contributed by atoms with van der Waals surface area (Å²) in [5.41, 5.74) is 5.67. The minimum Gasteiger partial charge on any atom is -0.744 e. The van der Waals surface area contributed by atoms with Crippen molar-refractivity contribution in [1.82, 2.24) is 9.71 Å². The van der Waals surface area contributed by atoms with Crippen molar-refractivity contribution in [2.45, 2.75) is 24.2 Å². The number of rotatable bonds is 3. The van der Waals surface area contributed by atoms with Crippen molar-refractivity contribution in [2.75, 3.05) is 23.7 Å². The zero-order valence-electron chi connectivity index (χ0n) is 14.7. The van der Waals surface area contributed by atoms with E-state index in [1.165, 1.54) is 30.7 Å². The summed E-state index contributed by atoms with van der Waals surface area (Å²) in [5, 5.41) is 16.7. The topological polar surface area (TPSA) is 148 Å². The molecule has 1 aliphatic heterocycles. The highest BCUT2D eigenvalue weighted by atomic mass is 32.2. The lowest BCUT2D eigenvalue weighted by Gasteiger charge is -2.27. The number of nitrogen functional groups attached to an aromatic ring is 1. The molecule has 10 heteroatoms. The molecule has 27 heavy (non-hydrogen) atoms. The average Bonchev–Trinajstić information content (AvgIpc) is 2.66. The molecule has 9 nitrogen and oxygen atoms in total. The molecule has 2 heterocycles. The number of hydrogen-bond donors (Lipinski definition) is 3. The Morgan fingerprint density at radius 3 is 2.41 bits per heavy atom. The molecule has 0 aliphatic carbocycles. The highest BCUT2D eigenvalue weighted by Crippen LogP contribution is 2.17. The first-order valence-corrected chi connectivity index (χ1v) is 9.70. The molecule has 3 rings (SSSR count). The van der Waals surface area contributed by atoms with Gasteiger partial charge in [0.2, 0.25) is 0 Å². The van der Waals surface area contributed by atoms with Crippen LogP contribution in [0.25, 0.3) is 6.08 Å². The van der Waals surface area contributed by atoms with Crippen LogP contribution in [-0.4, -0.2) is 41.0 Å². The Morgan fingerprint density at radius 1 is 1.26 bits per heavy atom. The van der Waals surface area contributed by atoms with Crippen molar-refractivity contribution < 1.29 is 18.2 Å². The van der Waals surface area contributed by atoms with Crippen LogP contribution in [0.2, 0.25) is 0 Å². The molecule has 0 unspecified atom stereocenters. The Kier molecular flexibility index (Phi) is 6.59. The summed E-state index contributed by atoms with van der Waals surface area (Å²) in [5.74, 6) is 0.832. The van der Waals surface area contributed by atoms with Crippen molar-refractivity contribution in [3.8, 4) is 0 Å². The smallest absolute Gasteiger partial charge is 0.259 e. The molecule has 1 saturated heterocycles. The van der Waals surface area contributed by atoms with Crippen LogP contribution in [0, 0.1) is 5.41 Å². The molecule has 0 bridgehead atoms. The first kappa shape index (κ1) is 20.5. The largest absolute Gasteiger partial charge is 0.744 e. The van der Waals surface area contributed by atoms with Crippen LogP contribution in [0.15, 0.2) is 41.8 Å². The molecule has 1 aliphatic rings. The lowest BCUT2D eigenvalue weighted by molar-refractivity contribution is 0.171. The second kappa shape index (κ2) is 8.69. The first-order valence-electron chi connectivity index (χ1n) is 8.29. The molecular weight excluding hydrogens is 370 g/mol. The number of nitrogens with zero attached hydrogens (tertiary/aromatic N) is 3. The summed E-state index contributed by atoms with van der Waals surface area (Å²) in [4.78, 5) is 5.86. The molecule has 0 atom stereocenters. The van der Waals surface area contributed by atoms with Crippen LogP contribution < -0.4 is 16.3 Å². The number of piperidine rings is 1. The van der Waals surface area contributed by atoms with Crippen LogP contribution in [0.1, 0.15) is 24.8 Å². The predicted molar refractivity (Wildman–Crippen MR) is 100 cm³/mol. The number of anilines is 2. The standard InChI is InChI=1S/C9H15N5O.C8H8O3S/c10-7-6-8(12-9(11)14(7)15)13-4-2-1-3-5-13;1-2-7-5-3-4-6-8(7)12(9,10)11/h6,11,15H,1-5,10H2;2-6H,1H2,(H,9,10,11)/p-1. The zero-order valence-corrected chi connectivity index (χ0v) is 15.5. The molecule has 146 valence electrons. The summed E-state index contributed by atoms with van der Waals surface area (Å²) in [7, 11) is -4.37. The molecule has 0 amide bonds. The fraction of sp³-hybridized carbons (Fsp3) is 0.294. The maximum atomic E-state index is 10.6. The van der Waals surface area contributed by atoms with Gasteiger partial charge < -0.3 is 20.4 Å². The summed E-state index contributed by atoms with van der Waals surface area (Å²) >= 11 is 0. The van der Waals surface area contributed by atoms with E-state index in [0.29, 0.717) is 16.1 Å². The Balaban J connectivity index is 0.000000199. The SMILES string of the molecule is C=Cc1ccccc1S(=O)(=O)[O-].N=c1nc(N2CCCCC2)cc(N)n1O. The molecule has 1 aromatic carbocycles. The molecule has 0 saturated carbocycles. The number of hydrogen-bond acceptors (Lipinski definition) is 8. The Hall–Kier alpha value is -2.85. The summed E-state index contributed by atoms with van der Waals surface area (Å²) < 4.78 is 32.4. The van der Waals surface area contributed by atoms with Gasteiger partial charge in [0.25, 0.3) is 5.62 Å². The van der Waals surface area contributed by atoms with Crippen molar-refractivity contribution >= 4 is 27.8 Å². The van der Waals surface area contributed by atoms with Gasteiger partial charge >= 0.3 is 0 Å². The normalized spacial score (nSPS) is 14.2. The van der Waals surface area contributed by atoms with Crippen LogP contribution >= 0.6 is 0 Å². The molecule has 4 N–H and O–H groups in total. The van der Waals surface area contributed by atoms with Crippen molar-refractivity contribution in [3.63, 3.8) is 0 Å². The van der Waals surface area contributed by atoms with Gasteiger partial charge in [-0.2, -0.15) is 4.98 Å². The van der Waals surface area contributed by atoms with Gasteiger partial charge in [-0.1, -0.05) is 30.9 Å². The fourth-order valence-corrected chi connectivity index (χ4v) is 3.35. The lowest BCUT2D eigenvalue weighted by atomic mass is 10.1. The third-order valence-corrected chi connectivity index (χ3v) is 4.94. The van der Waals surface area contributed by atoms with Gasteiger partial charge in [-0.3, -0.25) is 5.41 Å². The van der Waals surface area contributed by atoms with E-state index in [2.05, 4.69) is 16.5 Å². The molecule has 2 aromatic rings. The van der Waals surface area contributed by atoms with E-state index in [4.69, 9.17) is 11.1 Å². The van der Waals surface area contributed by atoms with Gasteiger partial charge in [0.05, 0.1) is 4.90 Å². The van der Waals surface area contributed by atoms with E-state index in [-0.39, 0.29) is 16.3 Å². The number of nitrogens with two attached hydrogens (primary N) is 1. The van der Waals surface area contributed by atoms with Gasteiger partial charge in [-0.15, -0.1) is 4.73 Å². The molecule has 0 spiro atoms. The maximum absolute atomic E-state index is 10.6.